The van der Waals surface area contributed by atoms with Crippen LogP contribution in [0.4, 0.5) is 5.69 Å². The van der Waals surface area contributed by atoms with E-state index in [0.29, 0.717) is 0 Å². The molecule has 2 heterocycles. The maximum absolute atomic E-state index is 9.10. The molecule has 7 nitrogen and oxygen atoms in total. The van der Waals surface area contributed by atoms with E-state index in [1.54, 1.807) is 0 Å². The number of likely N-dealkylation sites (tertiary alicyclic amines) is 1. The zero-order chi connectivity index (χ0) is 22.5. The molecular formula is C25H35N3O4. The van der Waals surface area contributed by atoms with Gasteiger partial charge in [0.15, 0.2) is 0 Å². The predicted molar refractivity (Wildman–Crippen MR) is 124 cm³/mol. The quantitative estimate of drug-likeness (QED) is 0.549. The average Bonchev–Trinajstić information content (AvgIpc) is 3.44. The number of allylic oxidation sites excluding steroid dienone is 2. The van der Waals surface area contributed by atoms with Gasteiger partial charge < -0.3 is 20.0 Å². The van der Waals surface area contributed by atoms with Crippen molar-refractivity contribution in [1.82, 2.24) is 9.80 Å². The Labute approximate surface area is 190 Å². The number of hydrogen-bond donors (Lipinski definition) is 2. The maximum Gasteiger partial charge on any atom is 0.414 e. The van der Waals surface area contributed by atoms with E-state index in [0.717, 1.165) is 23.8 Å². The number of carboxylic acid groups (broad SMARTS) is 2. The normalized spacial score (nSPS) is 28.4. The molecule has 5 rings (SSSR count). The number of rotatable bonds is 4. The monoisotopic (exact) mass is 441 g/mol. The lowest BCUT2D eigenvalue weighted by atomic mass is 9.92. The van der Waals surface area contributed by atoms with Crippen molar-refractivity contribution in [3.8, 4) is 0 Å². The van der Waals surface area contributed by atoms with Gasteiger partial charge in [-0.25, -0.2) is 9.59 Å². The first-order valence-corrected chi connectivity index (χ1v) is 11.9. The molecule has 1 aromatic rings. The SMILES string of the molecule is C1=CC2CC1CC2CN1CCC(N2CCN(c3ccccc3)CC2)CC1.O=C(O)C(=O)O. The van der Waals surface area contributed by atoms with E-state index in [9.17, 15) is 0 Å². The predicted octanol–water partition coefficient (Wildman–Crippen LogP) is 2.64. The highest BCUT2D eigenvalue weighted by Gasteiger charge is 2.37. The van der Waals surface area contributed by atoms with Crippen LogP contribution in [-0.2, 0) is 9.59 Å². The standard InChI is InChI=1S/C23H33N3.C2H2O4/c1-2-4-22(5-3-1)25-12-14-26(15-13-25)23-8-10-24(11-9-23)18-21-17-19-6-7-20(21)16-19;3-1(4)2(5)6/h1-7,19-21,23H,8-18H2;(H,3,4)(H,5,6). The zero-order valence-electron chi connectivity index (χ0n) is 18.7. The molecule has 2 saturated heterocycles. The summed E-state index contributed by atoms with van der Waals surface area (Å²) in [6.07, 6.45) is 10.7. The molecule has 3 fully saturated rings. The molecule has 0 amide bonds. The van der Waals surface area contributed by atoms with Crippen molar-refractivity contribution in [2.24, 2.45) is 17.8 Å². The number of carboxylic acids is 2. The number of benzene rings is 1. The number of carbonyl (C=O) groups is 2. The first-order chi connectivity index (χ1) is 15.5. The van der Waals surface area contributed by atoms with Gasteiger partial charge in [-0.2, -0.15) is 0 Å². The van der Waals surface area contributed by atoms with Gasteiger partial charge in [0.25, 0.3) is 0 Å². The summed E-state index contributed by atoms with van der Waals surface area (Å²) >= 11 is 0. The Bertz CT molecular complexity index is 787. The van der Waals surface area contributed by atoms with Crippen molar-refractivity contribution < 1.29 is 19.8 Å². The minimum Gasteiger partial charge on any atom is -0.473 e. The van der Waals surface area contributed by atoms with Gasteiger partial charge in [-0.3, -0.25) is 4.90 Å². The van der Waals surface area contributed by atoms with Crippen molar-refractivity contribution in [2.45, 2.75) is 31.7 Å². The van der Waals surface area contributed by atoms with E-state index in [4.69, 9.17) is 19.8 Å². The summed E-state index contributed by atoms with van der Waals surface area (Å²) in [5, 5.41) is 14.8. The fourth-order valence-corrected chi connectivity index (χ4v) is 5.89. The molecule has 4 aliphatic rings. The van der Waals surface area contributed by atoms with E-state index in [2.05, 4.69) is 57.2 Å². The highest BCUT2D eigenvalue weighted by atomic mass is 16.4. The summed E-state index contributed by atoms with van der Waals surface area (Å²) in [4.78, 5) is 26.3. The third kappa shape index (κ3) is 5.70. The van der Waals surface area contributed by atoms with Gasteiger partial charge in [-0.15, -0.1) is 0 Å². The second-order valence-electron chi connectivity index (χ2n) is 9.54. The number of aliphatic carboxylic acids is 2. The average molecular weight is 442 g/mol. The maximum atomic E-state index is 9.10. The lowest BCUT2D eigenvalue weighted by Gasteiger charge is -2.44. The van der Waals surface area contributed by atoms with Crippen LogP contribution in [0.3, 0.4) is 0 Å². The minimum absolute atomic E-state index is 0.823. The lowest BCUT2D eigenvalue weighted by Crippen LogP contribution is -2.53. The number of fused-ring (bicyclic) bond motifs is 2. The highest BCUT2D eigenvalue weighted by molar-refractivity contribution is 6.27. The number of nitrogens with zero attached hydrogens (tertiary/aromatic N) is 3. The van der Waals surface area contributed by atoms with Crippen LogP contribution >= 0.6 is 0 Å². The third-order valence-corrected chi connectivity index (χ3v) is 7.60. The second kappa shape index (κ2) is 10.5. The van der Waals surface area contributed by atoms with Gasteiger partial charge in [0, 0.05) is 44.5 Å². The van der Waals surface area contributed by atoms with Crippen molar-refractivity contribution in [3.05, 3.63) is 42.5 Å². The molecule has 32 heavy (non-hydrogen) atoms. The summed E-state index contributed by atoms with van der Waals surface area (Å²) in [5.74, 6) is -0.867. The zero-order valence-corrected chi connectivity index (χ0v) is 18.7. The Kier molecular flexibility index (Phi) is 7.48. The first kappa shape index (κ1) is 22.8. The molecule has 3 unspecified atom stereocenters. The van der Waals surface area contributed by atoms with Crippen LogP contribution in [0.25, 0.3) is 0 Å². The molecule has 1 saturated carbocycles. The fourth-order valence-electron chi connectivity index (χ4n) is 5.89. The van der Waals surface area contributed by atoms with Crippen molar-refractivity contribution >= 4 is 17.6 Å². The van der Waals surface area contributed by atoms with Gasteiger partial charge in [0.2, 0.25) is 0 Å². The van der Waals surface area contributed by atoms with Crippen LogP contribution in [0.15, 0.2) is 42.5 Å². The molecule has 174 valence electrons. The number of para-hydroxylation sites is 1. The van der Waals surface area contributed by atoms with E-state index >= 15 is 0 Å². The minimum atomic E-state index is -1.82. The van der Waals surface area contributed by atoms with Gasteiger partial charge >= 0.3 is 11.9 Å². The van der Waals surface area contributed by atoms with Crippen molar-refractivity contribution in [2.75, 3.05) is 50.7 Å². The van der Waals surface area contributed by atoms with Gasteiger partial charge in [-0.05, 0) is 68.7 Å². The molecular weight excluding hydrogens is 406 g/mol. The Morgan fingerprint density at radius 1 is 0.844 bits per heavy atom. The summed E-state index contributed by atoms with van der Waals surface area (Å²) < 4.78 is 0. The Morgan fingerprint density at radius 3 is 2.03 bits per heavy atom. The number of hydrogen-bond acceptors (Lipinski definition) is 5. The van der Waals surface area contributed by atoms with Crippen LogP contribution in [-0.4, -0.2) is 83.8 Å². The third-order valence-electron chi connectivity index (χ3n) is 7.60. The van der Waals surface area contributed by atoms with Crippen molar-refractivity contribution in [3.63, 3.8) is 0 Å². The van der Waals surface area contributed by atoms with E-state index in [1.165, 1.54) is 77.2 Å². The largest absolute Gasteiger partial charge is 0.473 e. The van der Waals surface area contributed by atoms with E-state index < -0.39 is 11.9 Å². The van der Waals surface area contributed by atoms with Crippen LogP contribution in [0.2, 0.25) is 0 Å². The van der Waals surface area contributed by atoms with Crippen LogP contribution < -0.4 is 4.90 Å². The number of piperazine rings is 1. The Balaban J connectivity index is 0.000000363. The fraction of sp³-hybridized carbons (Fsp3) is 0.600. The lowest BCUT2D eigenvalue weighted by molar-refractivity contribution is -0.159. The summed E-state index contributed by atoms with van der Waals surface area (Å²) in [5.41, 5.74) is 1.39. The van der Waals surface area contributed by atoms with Gasteiger partial charge in [0.05, 0.1) is 0 Å². The first-order valence-electron chi connectivity index (χ1n) is 11.9. The van der Waals surface area contributed by atoms with Crippen LogP contribution in [0.1, 0.15) is 25.7 Å². The molecule has 1 aromatic carbocycles. The number of piperidine rings is 1. The van der Waals surface area contributed by atoms with Gasteiger partial charge in [-0.1, -0.05) is 30.4 Å². The Morgan fingerprint density at radius 2 is 1.50 bits per heavy atom. The van der Waals surface area contributed by atoms with Crippen LogP contribution in [0, 0.1) is 17.8 Å². The summed E-state index contributed by atoms with van der Waals surface area (Å²) in [6, 6.07) is 11.7. The van der Waals surface area contributed by atoms with E-state index in [1.807, 2.05) is 0 Å². The second-order valence-corrected chi connectivity index (χ2v) is 9.54. The van der Waals surface area contributed by atoms with E-state index in [-0.39, 0.29) is 0 Å². The summed E-state index contributed by atoms with van der Waals surface area (Å²) in [7, 11) is 0. The smallest absolute Gasteiger partial charge is 0.414 e. The highest BCUT2D eigenvalue weighted by Crippen LogP contribution is 2.43. The molecule has 2 N–H and O–H groups in total. The molecule has 0 spiro atoms. The molecule has 0 radical (unpaired) electrons. The molecule has 7 heteroatoms. The van der Waals surface area contributed by atoms with Crippen LogP contribution in [0.5, 0.6) is 0 Å². The Hall–Kier alpha value is -2.38. The molecule has 3 atom stereocenters. The van der Waals surface area contributed by atoms with Crippen molar-refractivity contribution in [1.29, 1.82) is 0 Å². The molecule has 2 aliphatic carbocycles. The summed E-state index contributed by atoms with van der Waals surface area (Å²) in [6.45, 7) is 8.83. The molecule has 2 bridgehead atoms. The molecule has 2 aliphatic heterocycles. The molecule has 0 aromatic heterocycles. The number of anilines is 1. The van der Waals surface area contributed by atoms with Gasteiger partial charge in [0.1, 0.15) is 0 Å². The topological polar surface area (TPSA) is 84.3 Å².